The molecule has 118 valence electrons. The van der Waals surface area contributed by atoms with Crippen molar-refractivity contribution in [1.82, 2.24) is 4.57 Å². The van der Waals surface area contributed by atoms with Gasteiger partial charge in [0.1, 0.15) is 6.04 Å². The summed E-state index contributed by atoms with van der Waals surface area (Å²) in [5.41, 5.74) is 3.26. The van der Waals surface area contributed by atoms with E-state index in [1.165, 1.54) is 27.5 Å². The van der Waals surface area contributed by atoms with Crippen LogP contribution in [-0.2, 0) is 11.2 Å². The number of aliphatic carboxylic acids is 1. The molecule has 0 amide bonds. The van der Waals surface area contributed by atoms with Gasteiger partial charge >= 0.3 is 5.97 Å². The van der Waals surface area contributed by atoms with Crippen molar-refractivity contribution in [1.29, 1.82) is 0 Å². The van der Waals surface area contributed by atoms with Gasteiger partial charge in [0.2, 0.25) is 0 Å². The van der Waals surface area contributed by atoms with Gasteiger partial charge in [-0.2, -0.15) is 0 Å². The first kappa shape index (κ1) is 14.6. The summed E-state index contributed by atoms with van der Waals surface area (Å²) in [5, 5.41) is 10.2. The highest BCUT2D eigenvalue weighted by atomic mass is 32.2. The third kappa shape index (κ3) is 2.59. The molecule has 1 saturated carbocycles. The molecule has 2 aliphatic rings. The highest BCUT2D eigenvalue weighted by Gasteiger charge is 2.37. The molecule has 0 bridgehead atoms. The Morgan fingerprint density at radius 3 is 2.65 bits per heavy atom. The maximum Gasteiger partial charge on any atom is 0.327 e. The number of rotatable bonds is 4. The lowest BCUT2D eigenvalue weighted by Crippen LogP contribution is -2.29. The van der Waals surface area contributed by atoms with E-state index in [1.807, 2.05) is 18.2 Å². The van der Waals surface area contributed by atoms with Crippen molar-refractivity contribution in [3.63, 3.8) is 0 Å². The number of carbonyl (C=O) groups is 1. The van der Waals surface area contributed by atoms with E-state index in [9.17, 15) is 14.7 Å². The number of fused-ring (bicyclic) bond motifs is 1. The highest BCUT2D eigenvalue weighted by Crippen LogP contribution is 2.48. The minimum absolute atomic E-state index is 0.187. The number of pyridine rings is 1. The van der Waals surface area contributed by atoms with E-state index >= 15 is 0 Å². The van der Waals surface area contributed by atoms with E-state index in [2.05, 4.69) is 12.1 Å². The summed E-state index contributed by atoms with van der Waals surface area (Å²) in [5.74, 6) is 0.00512. The van der Waals surface area contributed by atoms with Gasteiger partial charge in [-0.05, 0) is 41.9 Å². The zero-order valence-electron chi connectivity index (χ0n) is 12.6. The molecule has 0 spiro atoms. The second-order valence-electron chi connectivity index (χ2n) is 6.20. The Bertz CT molecular complexity index is 824. The number of nitrogens with zero attached hydrogens (tertiary/aromatic N) is 1. The molecule has 0 saturated heterocycles. The second-order valence-corrected chi connectivity index (χ2v) is 7.21. The average Bonchev–Trinajstić information content (AvgIpc) is 3.25. The van der Waals surface area contributed by atoms with Crippen LogP contribution in [0.4, 0.5) is 0 Å². The summed E-state index contributed by atoms with van der Waals surface area (Å²) in [7, 11) is 0. The lowest BCUT2D eigenvalue weighted by molar-refractivity contribution is -0.140. The van der Waals surface area contributed by atoms with Gasteiger partial charge < -0.3 is 5.11 Å². The van der Waals surface area contributed by atoms with E-state index in [1.54, 1.807) is 6.07 Å². The van der Waals surface area contributed by atoms with Crippen LogP contribution in [0, 0.1) is 0 Å². The van der Waals surface area contributed by atoms with Gasteiger partial charge in [0.05, 0.1) is 5.03 Å². The van der Waals surface area contributed by atoms with E-state index in [0.717, 1.165) is 29.9 Å². The number of carboxylic acid groups (broad SMARTS) is 1. The number of aromatic nitrogens is 1. The SMILES string of the molecule is O=C(O)[C@@H]1CSc2c(C3CC3)c(Cc3ccccc3)cc(=O)n21. The molecule has 5 heteroatoms. The molecule has 4 rings (SSSR count). The van der Waals surface area contributed by atoms with Crippen molar-refractivity contribution in [2.24, 2.45) is 0 Å². The minimum atomic E-state index is -0.920. The quantitative estimate of drug-likeness (QED) is 0.938. The Balaban J connectivity index is 1.83. The van der Waals surface area contributed by atoms with Crippen molar-refractivity contribution in [2.45, 2.75) is 36.2 Å². The maximum absolute atomic E-state index is 12.5. The Morgan fingerprint density at radius 1 is 1.26 bits per heavy atom. The standard InChI is InChI=1S/C18H17NO3S/c20-15-9-13(8-11-4-2-1-3-5-11)16(12-6-7-12)17-19(15)14(10-23-17)18(21)22/h1-5,9,12,14H,6-8,10H2,(H,21,22)/t14-/m0/s1. The normalized spacial score (nSPS) is 19.6. The Hall–Kier alpha value is -2.01. The van der Waals surface area contributed by atoms with Crippen molar-refractivity contribution < 1.29 is 9.90 Å². The molecule has 1 fully saturated rings. The maximum atomic E-state index is 12.5. The average molecular weight is 327 g/mol. The fourth-order valence-corrected chi connectivity index (χ4v) is 4.71. The van der Waals surface area contributed by atoms with Crippen molar-refractivity contribution in [3.05, 3.63) is 63.4 Å². The van der Waals surface area contributed by atoms with Crippen LogP contribution in [0.2, 0.25) is 0 Å². The molecule has 0 radical (unpaired) electrons. The second kappa shape index (κ2) is 5.57. The van der Waals surface area contributed by atoms with Gasteiger partial charge in [-0.3, -0.25) is 9.36 Å². The predicted molar refractivity (Wildman–Crippen MR) is 89.3 cm³/mol. The smallest absolute Gasteiger partial charge is 0.327 e. The molecule has 0 unspecified atom stereocenters. The molecular weight excluding hydrogens is 310 g/mol. The molecule has 2 heterocycles. The van der Waals surface area contributed by atoms with Gasteiger partial charge in [0.25, 0.3) is 5.56 Å². The largest absolute Gasteiger partial charge is 0.480 e. The minimum Gasteiger partial charge on any atom is -0.480 e. The Kier molecular flexibility index (Phi) is 3.53. The van der Waals surface area contributed by atoms with Crippen LogP contribution in [0.25, 0.3) is 0 Å². The van der Waals surface area contributed by atoms with E-state index in [-0.39, 0.29) is 5.56 Å². The number of carboxylic acids is 1. The zero-order chi connectivity index (χ0) is 16.0. The van der Waals surface area contributed by atoms with Gasteiger partial charge in [0.15, 0.2) is 0 Å². The van der Waals surface area contributed by atoms with E-state index in [0.29, 0.717) is 11.7 Å². The van der Waals surface area contributed by atoms with Gasteiger partial charge in [-0.15, -0.1) is 11.8 Å². The lowest BCUT2D eigenvalue weighted by atomic mass is 9.98. The number of benzene rings is 1. The third-order valence-corrected chi connectivity index (χ3v) is 5.70. The highest BCUT2D eigenvalue weighted by molar-refractivity contribution is 7.99. The first-order valence-corrected chi connectivity index (χ1v) is 8.81. The zero-order valence-corrected chi connectivity index (χ0v) is 13.4. The van der Waals surface area contributed by atoms with Crippen molar-refractivity contribution >= 4 is 17.7 Å². The van der Waals surface area contributed by atoms with E-state index < -0.39 is 12.0 Å². The van der Waals surface area contributed by atoms with Crippen LogP contribution in [-0.4, -0.2) is 21.4 Å². The summed E-state index contributed by atoms with van der Waals surface area (Å²) in [6.45, 7) is 0. The fraction of sp³-hybridized carbons (Fsp3) is 0.333. The summed E-state index contributed by atoms with van der Waals surface area (Å²) in [4.78, 5) is 23.9. The van der Waals surface area contributed by atoms with Crippen LogP contribution in [0.5, 0.6) is 0 Å². The van der Waals surface area contributed by atoms with Crippen LogP contribution in [0.3, 0.4) is 0 Å². The topological polar surface area (TPSA) is 59.3 Å². The molecule has 1 N–H and O–H groups in total. The first-order chi connectivity index (χ1) is 11.1. The summed E-state index contributed by atoms with van der Waals surface area (Å²) < 4.78 is 1.50. The van der Waals surface area contributed by atoms with Gasteiger partial charge in [0, 0.05) is 11.8 Å². The molecule has 1 atom stereocenters. The molecule has 23 heavy (non-hydrogen) atoms. The summed E-state index contributed by atoms with van der Waals surface area (Å²) >= 11 is 1.52. The summed E-state index contributed by atoms with van der Waals surface area (Å²) in [6.07, 6.45) is 2.99. The number of hydrogen-bond donors (Lipinski definition) is 1. The molecule has 1 aliphatic heterocycles. The van der Waals surface area contributed by atoms with Gasteiger partial charge in [-0.25, -0.2) is 4.79 Å². The fourth-order valence-electron chi connectivity index (χ4n) is 3.29. The third-order valence-electron chi connectivity index (χ3n) is 4.53. The molecule has 1 aromatic carbocycles. The molecule has 1 aliphatic carbocycles. The van der Waals surface area contributed by atoms with Gasteiger partial charge in [-0.1, -0.05) is 30.3 Å². The summed E-state index contributed by atoms with van der Waals surface area (Å²) in [6, 6.07) is 11.0. The van der Waals surface area contributed by atoms with Crippen LogP contribution in [0.15, 0.2) is 46.2 Å². The van der Waals surface area contributed by atoms with Crippen LogP contribution < -0.4 is 5.56 Å². The van der Waals surface area contributed by atoms with E-state index in [4.69, 9.17) is 0 Å². The number of hydrogen-bond acceptors (Lipinski definition) is 3. The lowest BCUT2D eigenvalue weighted by Gasteiger charge is -2.16. The van der Waals surface area contributed by atoms with Crippen molar-refractivity contribution in [3.8, 4) is 0 Å². The molecule has 1 aromatic heterocycles. The van der Waals surface area contributed by atoms with Crippen LogP contribution in [0.1, 0.15) is 41.5 Å². The molecule has 4 nitrogen and oxygen atoms in total. The van der Waals surface area contributed by atoms with Crippen molar-refractivity contribution in [2.75, 3.05) is 5.75 Å². The molecular formula is C18H17NO3S. The first-order valence-electron chi connectivity index (χ1n) is 7.83. The van der Waals surface area contributed by atoms with Crippen LogP contribution >= 0.6 is 11.8 Å². The Labute approximate surface area is 138 Å². The Morgan fingerprint density at radius 2 is 2.00 bits per heavy atom. The monoisotopic (exact) mass is 327 g/mol. The predicted octanol–water partition coefficient (Wildman–Crippen LogP) is 3.05. The number of thioether (sulfide) groups is 1. The molecule has 2 aromatic rings.